The van der Waals surface area contributed by atoms with Crippen molar-refractivity contribution in [3.05, 3.63) is 72.9 Å². The third-order valence-electron chi connectivity index (χ3n) is 16.2. The normalized spacial score (nSPS) is 12.5. The number of ether oxygens (including phenoxy) is 3. The largest absolute Gasteiger partial charge is 0.462 e. The molecule has 482 valence electrons. The van der Waals surface area contributed by atoms with Gasteiger partial charge in [-0.2, -0.15) is 0 Å². The van der Waals surface area contributed by atoms with E-state index in [1.807, 2.05) is 0 Å². The van der Waals surface area contributed by atoms with Gasteiger partial charge in [0, 0.05) is 19.3 Å². The SMILES string of the molecule is CC/C=C\C/C=C\C/C=C\CCCCCC(=O)OCC(COC(=O)CCCCCCCCCCCCCCCC/C=C\C/C=C\C/C=C\CCCCCCC)OC(=O)CCCCCCCCCCCCCCCCCCCCCCCCC. The van der Waals surface area contributed by atoms with E-state index in [2.05, 4.69) is 93.7 Å². The molecule has 6 nitrogen and oxygen atoms in total. The molecule has 1 unspecified atom stereocenters. The van der Waals surface area contributed by atoms with Crippen molar-refractivity contribution < 1.29 is 28.6 Å². The number of carbonyl (C=O) groups is 3. The smallest absolute Gasteiger partial charge is 0.306 e. The lowest BCUT2D eigenvalue weighted by Crippen LogP contribution is -2.30. The van der Waals surface area contributed by atoms with Crippen molar-refractivity contribution in [2.75, 3.05) is 13.2 Å². The van der Waals surface area contributed by atoms with Gasteiger partial charge in [0.15, 0.2) is 6.10 Å². The van der Waals surface area contributed by atoms with Gasteiger partial charge in [0.2, 0.25) is 0 Å². The quantitative estimate of drug-likeness (QED) is 0.0261. The molecule has 0 radical (unpaired) electrons. The van der Waals surface area contributed by atoms with E-state index in [0.717, 1.165) is 96.3 Å². The highest BCUT2D eigenvalue weighted by molar-refractivity contribution is 5.71. The van der Waals surface area contributed by atoms with Gasteiger partial charge in [0.05, 0.1) is 0 Å². The lowest BCUT2D eigenvalue weighted by Gasteiger charge is -2.18. The van der Waals surface area contributed by atoms with Crippen molar-refractivity contribution in [2.45, 2.75) is 386 Å². The predicted octanol–water partition coefficient (Wildman–Crippen LogP) is 25.2. The van der Waals surface area contributed by atoms with E-state index >= 15 is 0 Å². The summed E-state index contributed by atoms with van der Waals surface area (Å²) in [4.78, 5) is 38.4. The van der Waals surface area contributed by atoms with Gasteiger partial charge in [0.25, 0.3) is 0 Å². The Morgan fingerprint density at radius 3 is 0.747 bits per heavy atom. The topological polar surface area (TPSA) is 78.9 Å². The fraction of sp³-hybridized carbons (Fsp3) is 0.805. The van der Waals surface area contributed by atoms with E-state index in [1.54, 1.807) is 0 Å². The van der Waals surface area contributed by atoms with E-state index in [-0.39, 0.29) is 31.1 Å². The van der Waals surface area contributed by atoms with Gasteiger partial charge in [0.1, 0.15) is 13.2 Å². The molecule has 1 atom stereocenters. The van der Waals surface area contributed by atoms with Gasteiger partial charge in [-0.1, -0.05) is 344 Å². The Labute approximate surface area is 516 Å². The minimum absolute atomic E-state index is 0.0812. The molecule has 0 aromatic heterocycles. The van der Waals surface area contributed by atoms with Crippen LogP contribution in [0.3, 0.4) is 0 Å². The average molecular weight is 1160 g/mol. The number of allylic oxidation sites excluding steroid dienone is 12. The maximum Gasteiger partial charge on any atom is 0.306 e. The summed E-state index contributed by atoms with van der Waals surface area (Å²) < 4.78 is 17.0. The number of hydrogen-bond donors (Lipinski definition) is 0. The Kier molecular flexibility index (Phi) is 68.6. The van der Waals surface area contributed by atoms with Crippen LogP contribution in [0, 0.1) is 0 Å². The van der Waals surface area contributed by atoms with Gasteiger partial charge in [-0.25, -0.2) is 0 Å². The molecule has 0 N–H and O–H groups in total. The third kappa shape index (κ3) is 69.5. The third-order valence-corrected chi connectivity index (χ3v) is 16.2. The van der Waals surface area contributed by atoms with Crippen molar-refractivity contribution in [1.82, 2.24) is 0 Å². The molecule has 0 aliphatic heterocycles. The number of unbranched alkanes of at least 4 members (excludes halogenated alkanes) is 44. The molecule has 0 spiro atoms. The molecule has 83 heavy (non-hydrogen) atoms. The second-order valence-corrected chi connectivity index (χ2v) is 24.5. The number of hydrogen-bond acceptors (Lipinski definition) is 6. The minimum Gasteiger partial charge on any atom is -0.462 e. The van der Waals surface area contributed by atoms with Crippen LogP contribution in [0.15, 0.2) is 72.9 Å². The van der Waals surface area contributed by atoms with Crippen LogP contribution in [-0.2, 0) is 28.6 Å². The maximum atomic E-state index is 13.0. The standard InChI is InChI=1S/C77H138O6/c1-4-7-10-13-16-19-22-25-27-29-31-33-35-36-37-38-39-40-42-43-45-47-49-52-55-58-61-64-67-70-76(79)82-73-74(72-81-75(78)69-66-63-60-57-54-51-24-21-18-15-12-9-6-3)83-77(80)71-68-65-62-59-56-53-50-48-46-44-41-34-32-30-28-26-23-20-17-14-11-8-5-2/h9,12,18,21-22,25,29,31,35-36,51,54,74H,4-8,10-11,13-17,19-20,23-24,26-28,30,32-34,37-50,52-53,55-73H2,1-3H3/b12-9-,21-18-,25-22-,31-29-,36-35-,54-51-. The molecule has 0 amide bonds. The summed E-state index contributed by atoms with van der Waals surface area (Å²) >= 11 is 0. The molecular formula is C77H138O6. The summed E-state index contributed by atoms with van der Waals surface area (Å²) in [7, 11) is 0. The van der Waals surface area contributed by atoms with Crippen LogP contribution in [0.1, 0.15) is 380 Å². The van der Waals surface area contributed by atoms with Crippen LogP contribution in [0.5, 0.6) is 0 Å². The number of rotatable bonds is 67. The van der Waals surface area contributed by atoms with Gasteiger partial charge in [-0.05, 0) is 89.9 Å². The monoisotopic (exact) mass is 1160 g/mol. The first kappa shape index (κ1) is 79.8. The van der Waals surface area contributed by atoms with Crippen LogP contribution in [-0.4, -0.2) is 37.2 Å². The Morgan fingerprint density at radius 2 is 0.470 bits per heavy atom. The average Bonchev–Trinajstić information content (AvgIpc) is 3.49. The Hall–Kier alpha value is -3.15. The van der Waals surface area contributed by atoms with E-state index in [1.165, 1.54) is 244 Å². The second kappa shape index (κ2) is 71.3. The van der Waals surface area contributed by atoms with Crippen molar-refractivity contribution in [1.29, 1.82) is 0 Å². The van der Waals surface area contributed by atoms with Crippen LogP contribution in [0.4, 0.5) is 0 Å². The van der Waals surface area contributed by atoms with E-state index < -0.39 is 6.10 Å². The molecule has 0 saturated carbocycles. The van der Waals surface area contributed by atoms with Crippen molar-refractivity contribution in [3.63, 3.8) is 0 Å². The highest BCUT2D eigenvalue weighted by atomic mass is 16.6. The molecule has 0 aromatic rings. The molecule has 0 aromatic carbocycles. The summed E-state index contributed by atoms with van der Waals surface area (Å²) in [5.41, 5.74) is 0. The maximum absolute atomic E-state index is 13.0. The van der Waals surface area contributed by atoms with Crippen LogP contribution in [0.2, 0.25) is 0 Å². The number of esters is 3. The highest BCUT2D eigenvalue weighted by Gasteiger charge is 2.19. The van der Waals surface area contributed by atoms with Gasteiger partial charge in [-0.3, -0.25) is 14.4 Å². The van der Waals surface area contributed by atoms with Gasteiger partial charge < -0.3 is 14.2 Å². The molecule has 0 fully saturated rings. The molecule has 0 saturated heterocycles. The highest BCUT2D eigenvalue weighted by Crippen LogP contribution is 2.18. The summed E-state index contributed by atoms with van der Waals surface area (Å²) in [5.74, 6) is -0.889. The molecule has 0 aliphatic rings. The molecule has 6 heteroatoms. The summed E-state index contributed by atoms with van der Waals surface area (Å²) in [6.45, 7) is 6.55. The van der Waals surface area contributed by atoms with Crippen molar-refractivity contribution >= 4 is 17.9 Å². The Bertz CT molecular complexity index is 1520. The fourth-order valence-electron chi connectivity index (χ4n) is 10.8. The Balaban J connectivity index is 4.23. The molecule has 0 rings (SSSR count). The lowest BCUT2D eigenvalue weighted by molar-refractivity contribution is -0.167. The fourth-order valence-corrected chi connectivity index (χ4v) is 10.8. The first-order valence-corrected chi connectivity index (χ1v) is 36.4. The molecule has 0 heterocycles. The zero-order chi connectivity index (χ0) is 59.9. The van der Waals surface area contributed by atoms with Crippen LogP contribution >= 0.6 is 0 Å². The van der Waals surface area contributed by atoms with Crippen LogP contribution < -0.4 is 0 Å². The molecule has 0 bridgehead atoms. The van der Waals surface area contributed by atoms with Gasteiger partial charge in [-0.15, -0.1) is 0 Å². The molecule has 0 aliphatic carbocycles. The zero-order valence-electron chi connectivity index (χ0n) is 55.5. The van der Waals surface area contributed by atoms with Crippen molar-refractivity contribution in [2.24, 2.45) is 0 Å². The second-order valence-electron chi connectivity index (χ2n) is 24.5. The summed E-state index contributed by atoms with van der Waals surface area (Å²) in [6, 6.07) is 0. The van der Waals surface area contributed by atoms with E-state index in [9.17, 15) is 14.4 Å². The van der Waals surface area contributed by atoms with Gasteiger partial charge >= 0.3 is 17.9 Å². The van der Waals surface area contributed by atoms with Crippen molar-refractivity contribution in [3.8, 4) is 0 Å². The Morgan fingerprint density at radius 1 is 0.253 bits per heavy atom. The summed E-state index contributed by atoms with van der Waals surface area (Å²) in [6.07, 6.45) is 93.8. The minimum atomic E-state index is -0.787. The van der Waals surface area contributed by atoms with E-state index in [4.69, 9.17) is 14.2 Å². The summed E-state index contributed by atoms with van der Waals surface area (Å²) in [5, 5.41) is 0. The van der Waals surface area contributed by atoms with Crippen LogP contribution in [0.25, 0.3) is 0 Å². The lowest BCUT2D eigenvalue weighted by atomic mass is 10.0. The number of carbonyl (C=O) groups excluding carboxylic acids is 3. The first-order chi connectivity index (χ1) is 41.0. The predicted molar refractivity (Wildman–Crippen MR) is 362 cm³/mol. The van der Waals surface area contributed by atoms with E-state index in [0.29, 0.717) is 19.3 Å². The molecular weight excluding hydrogens is 1020 g/mol. The first-order valence-electron chi connectivity index (χ1n) is 36.4. The zero-order valence-corrected chi connectivity index (χ0v) is 55.5.